The SMILES string of the molecule is CC(C)NC(=O)[C@H]1CCC[C@H]1Nc1nc(Nc2cc(Cl)c(C(=O)N3CCN(C)CC3)c(Cl)c2)ncc1C(F)(F)F. The second-order valence-electron chi connectivity index (χ2n) is 10.4. The van der Waals surface area contributed by atoms with Gasteiger partial charge in [-0.05, 0) is 45.9 Å². The third-order valence-electron chi connectivity index (χ3n) is 7.00. The summed E-state index contributed by atoms with van der Waals surface area (Å²) in [6, 6.07) is 2.30. The van der Waals surface area contributed by atoms with Gasteiger partial charge in [0.25, 0.3) is 5.91 Å². The minimum absolute atomic E-state index is 0.0868. The van der Waals surface area contributed by atoms with Gasteiger partial charge in [0.15, 0.2) is 0 Å². The van der Waals surface area contributed by atoms with Crippen molar-refractivity contribution in [2.75, 3.05) is 43.9 Å². The van der Waals surface area contributed by atoms with Gasteiger partial charge < -0.3 is 25.8 Å². The minimum Gasteiger partial charge on any atom is -0.366 e. The largest absolute Gasteiger partial charge is 0.421 e. The van der Waals surface area contributed by atoms with Gasteiger partial charge in [-0.15, -0.1) is 0 Å². The van der Waals surface area contributed by atoms with Gasteiger partial charge >= 0.3 is 6.18 Å². The number of rotatable bonds is 7. The fourth-order valence-corrected chi connectivity index (χ4v) is 5.57. The van der Waals surface area contributed by atoms with E-state index < -0.39 is 29.5 Å². The van der Waals surface area contributed by atoms with Gasteiger partial charge in [0, 0.05) is 50.1 Å². The van der Waals surface area contributed by atoms with Crippen LogP contribution in [0, 0.1) is 5.92 Å². The van der Waals surface area contributed by atoms with Crippen molar-refractivity contribution in [3.63, 3.8) is 0 Å². The number of anilines is 3. The molecule has 2 aromatic rings. The van der Waals surface area contributed by atoms with E-state index in [2.05, 4.69) is 30.8 Å². The fraction of sp³-hybridized carbons (Fsp3) is 0.538. The molecule has 14 heteroatoms. The van der Waals surface area contributed by atoms with Crippen molar-refractivity contribution in [3.05, 3.63) is 39.5 Å². The van der Waals surface area contributed by atoms with E-state index in [4.69, 9.17) is 23.2 Å². The van der Waals surface area contributed by atoms with E-state index in [0.29, 0.717) is 44.2 Å². The quantitative estimate of drug-likeness (QED) is 0.408. The van der Waals surface area contributed by atoms with Crippen molar-refractivity contribution in [2.24, 2.45) is 5.92 Å². The Morgan fingerprint density at radius 3 is 2.33 bits per heavy atom. The second-order valence-corrected chi connectivity index (χ2v) is 11.3. The molecule has 2 heterocycles. The molecule has 0 unspecified atom stereocenters. The van der Waals surface area contributed by atoms with E-state index in [1.54, 1.807) is 4.90 Å². The molecule has 4 rings (SSSR count). The molecule has 1 saturated heterocycles. The lowest BCUT2D eigenvalue weighted by Gasteiger charge is -2.32. The van der Waals surface area contributed by atoms with Gasteiger partial charge in [0.2, 0.25) is 11.9 Å². The van der Waals surface area contributed by atoms with E-state index in [9.17, 15) is 22.8 Å². The van der Waals surface area contributed by atoms with E-state index in [1.807, 2.05) is 20.9 Å². The summed E-state index contributed by atoms with van der Waals surface area (Å²) in [6.45, 7) is 6.19. The lowest BCUT2D eigenvalue weighted by Crippen LogP contribution is -2.47. The highest BCUT2D eigenvalue weighted by Gasteiger charge is 2.39. The first-order valence-electron chi connectivity index (χ1n) is 13.1. The Hall–Kier alpha value is -2.83. The molecule has 2 aliphatic rings. The lowest BCUT2D eigenvalue weighted by atomic mass is 10.0. The van der Waals surface area contributed by atoms with Crippen molar-refractivity contribution in [2.45, 2.75) is 51.4 Å². The molecule has 1 aromatic heterocycles. The highest BCUT2D eigenvalue weighted by Crippen LogP contribution is 2.37. The van der Waals surface area contributed by atoms with Gasteiger partial charge in [-0.1, -0.05) is 29.6 Å². The van der Waals surface area contributed by atoms with Crippen LogP contribution in [0.1, 0.15) is 49.0 Å². The van der Waals surface area contributed by atoms with E-state index in [1.165, 1.54) is 12.1 Å². The molecule has 1 saturated carbocycles. The highest BCUT2D eigenvalue weighted by molar-refractivity contribution is 6.40. The first kappa shape index (κ1) is 30.1. The molecule has 2 amide bonds. The second kappa shape index (κ2) is 12.4. The van der Waals surface area contributed by atoms with Crippen molar-refractivity contribution < 1.29 is 22.8 Å². The third kappa shape index (κ3) is 7.08. The molecule has 2 atom stereocenters. The predicted molar refractivity (Wildman–Crippen MR) is 148 cm³/mol. The lowest BCUT2D eigenvalue weighted by molar-refractivity contribution is -0.137. The molecular formula is C26H32Cl2F3N7O2. The molecule has 0 spiro atoms. The molecule has 40 heavy (non-hydrogen) atoms. The van der Waals surface area contributed by atoms with Crippen LogP contribution in [0.3, 0.4) is 0 Å². The van der Waals surface area contributed by atoms with E-state index >= 15 is 0 Å². The van der Waals surface area contributed by atoms with Crippen LogP contribution < -0.4 is 16.0 Å². The summed E-state index contributed by atoms with van der Waals surface area (Å²) >= 11 is 12.9. The number of halogens is 5. The number of hydrogen-bond donors (Lipinski definition) is 3. The molecule has 218 valence electrons. The number of aromatic nitrogens is 2. The average Bonchev–Trinajstić information content (AvgIpc) is 3.31. The first-order chi connectivity index (χ1) is 18.8. The number of nitrogens with one attached hydrogen (secondary N) is 3. The average molecular weight is 602 g/mol. The minimum atomic E-state index is -4.72. The van der Waals surface area contributed by atoms with Crippen molar-refractivity contribution in [3.8, 4) is 0 Å². The number of benzene rings is 1. The Kier molecular flexibility index (Phi) is 9.31. The van der Waals surface area contributed by atoms with Gasteiger partial charge in [-0.2, -0.15) is 18.2 Å². The summed E-state index contributed by atoms with van der Waals surface area (Å²) in [5, 5.41) is 8.71. The number of nitrogens with zero attached hydrogens (tertiary/aromatic N) is 4. The highest BCUT2D eigenvalue weighted by atomic mass is 35.5. The van der Waals surface area contributed by atoms with Crippen molar-refractivity contribution in [1.29, 1.82) is 0 Å². The zero-order valence-electron chi connectivity index (χ0n) is 22.4. The molecule has 0 radical (unpaired) electrons. The van der Waals surface area contributed by atoms with Gasteiger partial charge in [0.1, 0.15) is 11.4 Å². The standard InChI is InChI=1S/C26H32Cl2F3N7O2/c1-14(2)33-23(39)16-5-4-6-20(16)35-22-17(26(29,30)31)13-32-25(36-22)34-15-11-18(27)21(19(28)12-15)24(40)38-9-7-37(3)8-10-38/h11-14,16,20H,4-10H2,1-3H3,(H,33,39)(H2,32,34,35,36)/t16-,20+/m0/s1. The number of piperazine rings is 1. The van der Waals surface area contributed by atoms with Crippen molar-refractivity contribution >= 4 is 52.5 Å². The molecule has 2 fully saturated rings. The van der Waals surface area contributed by atoms with E-state index in [-0.39, 0.29) is 39.4 Å². The van der Waals surface area contributed by atoms with Crippen LogP contribution in [0.25, 0.3) is 0 Å². The van der Waals surface area contributed by atoms with Crippen LogP contribution >= 0.6 is 23.2 Å². The normalized spacial score (nSPS) is 20.1. The first-order valence-corrected chi connectivity index (χ1v) is 13.8. The monoisotopic (exact) mass is 601 g/mol. The van der Waals surface area contributed by atoms with Gasteiger partial charge in [-0.3, -0.25) is 9.59 Å². The predicted octanol–water partition coefficient (Wildman–Crippen LogP) is 5.04. The smallest absolute Gasteiger partial charge is 0.366 e. The third-order valence-corrected chi connectivity index (χ3v) is 7.60. The Morgan fingerprint density at radius 2 is 1.73 bits per heavy atom. The molecule has 0 bridgehead atoms. The Bertz CT molecular complexity index is 1230. The van der Waals surface area contributed by atoms with E-state index in [0.717, 1.165) is 13.1 Å². The molecule has 1 aliphatic carbocycles. The van der Waals surface area contributed by atoms with Crippen LogP contribution in [-0.2, 0) is 11.0 Å². The van der Waals surface area contributed by atoms with Crippen LogP contribution in [-0.4, -0.2) is 76.9 Å². The number of hydrogen-bond acceptors (Lipinski definition) is 7. The Balaban J connectivity index is 1.56. The maximum Gasteiger partial charge on any atom is 0.421 e. The molecule has 3 N–H and O–H groups in total. The summed E-state index contributed by atoms with van der Waals surface area (Å²) in [5.74, 6) is -1.56. The summed E-state index contributed by atoms with van der Waals surface area (Å²) in [5.41, 5.74) is -0.594. The Labute approximate surface area is 240 Å². The van der Waals surface area contributed by atoms with Crippen molar-refractivity contribution in [1.82, 2.24) is 25.1 Å². The van der Waals surface area contributed by atoms with Crippen LogP contribution in [0.5, 0.6) is 0 Å². The van der Waals surface area contributed by atoms with Gasteiger partial charge in [-0.25, -0.2) is 4.98 Å². The number of carbonyl (C=O) groups excluding carboxylic acids is 2. The van der Waals surface area contributed by atoms with Gasteiger partial charge in [0.05, 0.1) is 21.5 Å². The molecule has 1 aliphatic heterocycles. The maximum atomic E-state index is 13.8. The molecule has 1 aromatic carbocycles. The zero-order valence-corrected chi connectivity index (χ0v) is 23.9. The summed E-state index contributed by atoms with van der Waals surface area (Å²) in [7, 11) is 1.97. The fourth-order valence-electron chi connectivity index (χ4n) is 4.92. The van der Waals surface area contributed by atoms with Crippen LogP contribution in [0.2, 0.25) is 10.0 Å². The summed E-state index contributed by atoms with van der Waals surface area (Å²) in [4.78, 5) is 37.4. The number of likely N-dealkylation sites (N-methyl/N-ethyl adjacent to an activating group) is 1. The Morgan fingerprint density at radius 1 is 1.07 bits per heavy atom. The number of carbonyl (C=O) groups is 2. The molecule has 9 nitrogen and oxygen atoms in total. The summed E-state index contributed by atoms with van der Waals surface area (Å²) in [6.07, 6.45) is -2.25. The summed E-state index contributed by atoms with van der Waals surface area (Å²) < 4.78 is 41.4. The maximum absolute atomic E-state index is 13.8. The van der Waals surface area contributed by atoms with Crippen LogP contribution in [0.4, 0.5) is 30.6 Å². The molecular weight excluding hydrogens is 570 g/mol. The zero-order chi connectivity index (χ0) is 29.2. The van der Waals surface area contributed by atoms with Crippen LogP contribution in [0.15, 0.2) is 18.3 Å². The topological polar surface area (TPSA) is 102 Å². The number of alkyl halides is 3. The number of amides is 2.